The van der Waals surface area contributed by atoms with Crippen LogP contribution in [0.1, 0.15) is 7.43 Å². The van der Waals surface area contributed by atoms with Gasteiger partial charge in [-0.1, -0.05) is 31.7 Å². The summed E-state index contributed by atoms with van der Waals surface area (Å²) in [5.74, 6) is 0. The molecule has 0 aromatic heterocycles. The Morgan fingerprint density at radius 1 is 0.667 bits per heavy atom. The highest BCUT2D eigenvalue weighted by atomic mass is 13.8. The molecule has 0 fully saturated rings. The molecule has 0 heterocycles. The van der Waals surface area contributed by atoms with Crippen molar-refractivity contribution >= 4 is 0 Å². The van der Waals surface area contributed by atoms with Crippen LogP contribution in [0.2, 0.25) is 0 Å². The first kappa shape index (κ1) is 5.48. The summed E-state index contributed by atoms with van der Waals surface area (Å²) in [5.41, 5.74) is 0. The van der Waals surface area contributed by atoms with Crippen molar-refractivity contribution in [3.8, 4) is 0 Å². The zero-order valence-corrected chi connectivity index (χ0v) is 2.89. The first-order chi connectivity index (χ1) is 2.50. The summed E-state index contributed by atoms with van der Waals surface area (Å²) < 4.78 is 0. The molecule has 33 valence electrons. The molecule has 6 heavy (non-hydrogen) atoms. The molecule has 0 spiro atoms. The second kappa shape index (κ2) is 2.70. The van der Waals surface area contributed by atoms with Crippen molar-refractivity contribution in [1.29, 1.82) is 0 Å². The zero-order valence-electron chi connectivity index (χ0n) is 2.89. The van der Waals surface area contributed by atoms with Crippen molar-refractivity contribution < 1.29 is 0 Å². The lowest BCUT2D eigenvalue weighted by Gasteiger charge is -1.56. The summed E-state index contributed by atoms with van der Waals surface area (Å²) >= 11 is 0. The van der Waals surface area contributed by atoms with Crippen LogP contribution in [0.3, 0.4) is 0 Å². The Kier molecular flexibility index (Phi) is 2.47. The maximum Gasteiger partial charge on any atom is 0.00506 e. The molecule has 0 N–H and O–H groups in total. The van der Waals surface area contributed by atoms with E-state index in [2.05, 4.69) is 0 Å². The molecule has 0 saturated carbocycles. The maximum atomic E-state index is 2.00. The first-order valence-electron chi connectivity index (χ1n) is 1.67. The van der Waals surface area contributed by atoms with Crippen LogP contribution in [0.4, 0.5) is 0 Å². The van der Waals surface area contributed by atoms with Gasteiger partial charge < -0.3 is 0 Å². The minimum Gasteiger partial charge on any atom is -0.0776 e. The van der Waals surface area contributed by atoms with Crippen molar-refractivity contribution in [2.45, 2.75) is 7.43 Å². The van der Waals surface area contributed by atoms with E-state index in [1.54, 1.807) is 0 Å². The zero-order chi connectivity index (χ0) is 3.54. The lowest BCUT2D eigenvalue weighted by atomic mass is 10.5. The monoisotopic (exact) mass is 81.1 g/mol. The number of hydrogen-bond acceptors (Lipinski definition) is 0. The summed E-state index contributed by atoms with van der Waals surface area (Å²) in [6, 6.07) is 0. The molecule has 0 heteroatoms. The Labute approximate surface area is 39.2 Å². The van der Waals surface area contributed by atoms with Crippen molar-refractivity contribution in [3.63, 3.8) is 0 Å². The van der Waals surface area contributed by atoms with Gasteiger partial charge in [-0.3, -0.25) is 0 Å². The summed E-state index contributed by atoms with van der Waals surface area (Å²) in [6.07, 6.45) is 10.0. The summed E-state index contributed by atoms with van der Waals surface area (Å²) in [5, 5.41) is 0. The minimum atomic E-state index is 0. The highest BCUT2D eigenvalue weighted by Crippen LogP contribution is 1.91. The molecule has 0 nitrogen and oxygen atoms in total. The summed E-state index contributed by atoms with van der Waals surface area (Å²) in [6.45, 7) is 0. The lowest BCUT2D eigenvalue weighted by Crippen LogP contribution is -1.39. The van der Waals surface area contributed by atoms with Gasteiger partial charge in [-0.25, -0.2) is 0 Å². The van der Waals surface area contributed by atoms with Crippen LogP contribution >= 0.6 is 0 Å². The molecular formula is C6H9. The third-order valence-corrected chi connectivity index (χ3v) is 0.556. The topological polar surface area (TPSA) is 0 Å². The van der Waals surface area contributed by atoms with Crippen LogP contribution in [0.5, 0.6) is 0 Å². The first-order valence-corrected chi connectivity index (χ1v) is 1.67. The number of rotatable bonds is 0. The smallest absolute Gasteiger partial charge is 0.00506 e. The Balaban J connectivity index is 0.000000250. The van der Waals surface area contributed by atoms with E-state index in [0.717, 1.165) is 0 Å². The molecule has 0 aromatic rings. The Morgan fingerprint density at radius 2 is 1.17 bits per heavy atom. The Hall–Kier alpha value is -0.520. The van der Waals surface area contributed by atoms with Crippen LogP contribution in [-0.2, 0) is 0 Å². The predicted molar refractivity (Wildman–Crippen MR) is 29.3 cm³/mol. The van der Waals surface area contributed by atoms with Gasteiger partial charge in [0.1, 0.15) is 0 Å². The largest absolute Gasteiger partial charge is 0.0776 e. The number of hydrogen-bond donors (Lipinski definition) is 0. The van der Waals surface area contributed by atoms with Crippen LogP contribution in [0, 0.1) is 6.42 Å². The quantitative estimate of drug-likeness (QED) is 0.418. The molecule has 0 aromatic carbocycles. The minimum absolute atomic E-state index is 0. The van der Waals surface area contributed by atoms with Gasteiger partial charge in [0.2, 0.25) is 0 Å². The SMILES string of the molecule is C.[CH]1C=CC=C1. The summed E-state index contributed by atoms with van der Waals surface area (Å²) in [7, 11) is 0. The van der Waals surface area contributed by atoms with E-state index in [0.29, 0.717) is 0 Å². The fourth-order valence-corrected chi connectivity index (χ4v) is 0.321. The normalized spacial score (nSPS) is 14.7. The molecular weight excluding hydrogens is 72.1 g/mol. The van der Waals surface area contributed by atoms with Crippen LogP contribution in [-0.4, -0.2) is 0 Å². The molecule has 0 amide bonds. The fraction of sp³-hybridized carbons (Fsp3) is 0.167. The second-order valence-corrected chi connectivity index (χ2v) is 0.962. The van der Waals surface area contributed by atoms with E-state index in [4.69, 9.17) is 0 Å². The lowest BCUT2D eigenvalue weighted by molar-refractivity contribution is 1.87. The van der Waals surface area contributed by atoms with Crippen LogP contribution in [0.25, 0.3) is 0 Å². The highest BCUT2D eigenvalue weighted by molar-refractivity contribution is 5.23. The van der Waals surface area contributed by atoms with Crippen molar-refractivity contribution in [1.82, 2.24) is 0 Å². The van der Waals surface area contributed by atoms with E-state index in [1.807, 2.05) is 30.7 Å². The average Bonchev–Trinajstić information content (AvgIpc) is 1.76. The molecule has 0 unspecified atom stereocenters. The van der Waals surface area contributed by atoms with E-state index in [-0.39, 0.29) is 7.43 Å². The molecule has 0 aliphatic heterocycles. The van der Waals surface area contributed by atoms with Gasteiger partial charge in [-0.15, -0.1) is 0 Å². The molecule has 0 saturated heterocycles. The van der Waals surface area contributed by atoms with Gasteiger partial charge in [0, 0.05) is 6.42 Å². The third-order valence-electron chi connectivity index (χ3n) is 0.556. The molecule has 0 bridgehead atoms. The van der Waals surface area contributed by atoms with Crippen LogP contribution in [0.15, 0.2) is 24.3 Å². The van der Waals surface area contributed by atoms with Gasteiger partial charge in [0.05, 0.1) is 0 Å². The molecule has 1 aliphatic rings. The van der Waals surface area contributed by atoms with Gasteiger partial charge in [0.15, 0.2) is 0 Å². The van der Waals surface area contributed by atoms with Gasteiger partial charge in [-0.05, 0) is 0 Å². The van der Waals surface area contributed by atoms with E-state index < -0.39 is 0 Å². The van der Waals surface area contributed by atoms with Crippen molar-refractivity contribution in [2.75, 3.05) is 0 Å². The van der Waals surface area contributed by atoms with Crippen molar-refractivity contribution in [3.05, 3.63) is 30.7 Å². The fourth-order valence-electron chi connectivity index (χ4n) is 0.321. The molecule has 0 atom stereocenters. The second-order valence-electron chi connectivity index (χ2n) is 0.962. The Morgan fingerprint density at radius 3 is 1.33 bits per heavy atom. The van der Waals surface area contributed by atoms with Crippen molar-refractivity contribution in [2.24, 2.45) is 0 Å². The highest BCUT2D eigenvalue weighted by Gasteiger charge is 1.72. The average molecular weight is 81.1 g/mol. The molecule has 1 radical (unpaired) electrons. The molecule has 1 aliphatic carbocycles. The molecule has 1 rings (SSSR count). The van der Waals surface area contributed by atoms with E-state index >= 15 is 0 Å². The summed E-state index contributed by atoms with van der Waals surface area (Å²) in [4.78, 5) is 0. The van der Waals surface area contributed by atoms with E-state index in [1.165, 1.54) is 0 Å². The van der Waals surface area contributed by atoms with Gasteiger partial charge >= 0.3 is 0 Å². The standard InChI is InChI=1S/C5H5.CH4/c1-2-4-5-3-1;/h1-5H;1H4. The van der Waals surface area contributed by atoms with Gasteiger partial charge in [0.25, 0.3) is 0 Å². The van der Waals surface area contributed by atoms with E-state index in [9.17, 15) is 0 Å². The maximum absolute atomic E-state index is 2.00. The van der Waals surface area contributed by atoms with Gasteiger partial charge in [-0.2, -0.15) is 0 Å². The predicted octanol–water partition coefficient (Wildman–Crippen LogP) is 1.95. The number of allylic oxidation sites excluding steroid dienone is 4. The van der Waals surface area contributed by atoms with Crippen LogP contribution < -0.4 is 0 Å². The Bertz CT molecular complexity index is 58.1. The third kappa shape index (κ3) is 1.07.